The van der Waals surface area contributed by atoms with Gasteiger partial charge in [0.2, 0.25) is 0 Å². The van der Waals surface area contributed by atoms with Gasteiger partial charge in [-0.05, 0) is 56.4 Å². The van der Waals surface area contributed by atoms with E-state index in [1.807, 2.05) is 0 Å². The van der Waals surface area contributed by atoms with E-state index in [4.69, 9.17) is 25.8 Å². The lowest BCUT2D eigenvalue weighted by molar-refractivity contribution is -0.0807. The maximum Gasteiger partial charge on any atom is 0.126 e. The van der Waals surface area contributed by atoms with E-state index in [1.54, 1.807) is 20.4 Å². The summed E-state index contributed by atoms with van der Waals surface area (Å²) in [5.41, 5.74) is 2.91. The Balaban J connectivity index is 1.37. The highest BCUT2D eigenvalue weighted by Crippen LogP contribution is 2.32. The van der Waals surface area contributed by atoms with Crippen LogP contribution in [0.1, 0.15) is 45.4 Å². The van der Waals surface area contributed by atoms with E-state index < -0.39 is 0 Å². The molecule has 7 nitrogen and oxygen atoms in total. The molecule has 2 aliphatic rings. The first kappa shape index (κ1) is 27.1. The van der Waals surface area contributed by atoms with Crippen LogP contribution < -0.4 is 16.0 Å². The second-order valence-corrected chi connectivity index (χ2v) is 10.6. The smallest absolute Gasteiger partial charge is 0.126 e. The average molecular weight is 517 g/mol. The van der Waals surface area contributed by atoms with Gasteiger partial charge in [0.15, 0.2) is 0 Å². The molecule has 2 heterocycles. The Morgan fingerprint density at radius 1 is 1.11 bits per heavy atom. The Kier molecular flexibility index (Phi) is 9.85. The first-order valence-corrected chi connectivity index (χ1v) is 13.5. The van der Waals surface area contributed by atoms with Gasteiger partial charge in [-0.1, -0.05) is 23.7 Å². The predicted molar refractivity (Wildman–Crippen MR) is 147 cm³/mol. The molecule has 2 fully saturated rings. The summed E-state index contributed by atoms with van der Waals surface area (Å²) in [5.74, 6) is 0.873. The molecule has 2 aromatic rings. The van der Waals surface area contributed by atoms with E-state index in [1.165, 1.54) is 0 Å². The van der Waals surface area contributed by atoms with Gasteiger partial charge in [-0.25, -0.2) is 4.98 Å². The molecule has 1 aliphatic carbocycles. The molecule has 1 saturated heterocycles. The van der Waals surface area contributed by atoms with E-state index in [2.05, 4.69) is 58.2 Å². The van der Waals surface area contributed by atoms with Gasteiger partial charge in [0.25, 0.3) is 0 Å². The lowest BCUT2D eigenvalue weighted by Gasteiger charge is -2.36. The van der Waals surface area contributed by atoms with Crippen molar-refractivity contribution >= 4 is 23.1 Å². The summed E-state index contributed by atoms with van der Waals surface area (Å²) in [7, 11) is 3.54. The van der Waals surface area contributed by atoms with Crippen molar-refractivity contribution in [2.24, 2.45) is 0 Å². The van der Waals surface area contributed by atoms with Crippen LogP contribution in [0, 0.1) is 0 Å². The standard InChI is InChI=1S/C28H41ClN4O3/c1-20(18-34-2)32-22-7-9-23(10-8-22)33-27-16-25(26(29)17-30-27)21-5-4-6-24(15-21)31-19-28(35-3)11-13-36-14-12-28/h4-6,15-17,20,22-23,31-32H,7-14,18-19H2,1-3H3,(H,30,33)/t20-,22-,23-/m0/s1. The minimum Gasteiger partial charge on any atom is -0.383 e. The number of rotatable bonds is 11. The van der Waals surface area contributed by atoms with Crippen molar-refractivity contribution in [2.45, 2.75) is 69.2 Å². The summed E-state index contributed by atoms with van der Waals surface area (Å²) >= 11 is 6.60. The van der Waals surface area contributed by atoms with Crippen LogP contribution >= 0.6 is 11.6 Å². The van der Waals surface area contributed by atoms with Crippen molar-refractivity contribution in [3.63, 3.8) is 0 Å². The summed E-state index contributed by atoms with van der Waals surface area (Å²) in [6.07, 6.45) is 8.06. The topological polar surface area (TPSA) is 76.7 Å². The number of hydrogen-bond acceptors (Lipinski definition) is 7. The number of aromatic nitrogens is 1. The predicted octanol–water partition coefficient (Wildman–Crippen LogP) is 5.36. The van der Waals surface area contributed by atoms with Crippen molar-refractivity contribution in [1.29, 1.82) is 0 Å². The maximum absolute atomic E-state index is 6.60. The Labute approximate surface area is 220 Å². The minimum absolute atomic E-state index is 0.185. The van der Waals surface area contributed by atoms with Crippen molar-refractivity contribution in [2.75, 3.05) is 51.2 Å². The van der Waals surface area contributed by atoms with Crippen molar-refractivity contribution in [3.05, 3.63) is 41.6 Å². The lowest BCUT2D eigenvalue weighted by Crippen LogP contribution is -2.44. The molecular formula is C28H41ClN4O3. The van der Waals surface area contributed by atoms with Crippen LogP contribution in [0.5, 0.6) is 0 Å². The fourth-order valence-electron chi connectivity index (χ4n) is 5.31. The SMILES string of the molecule is COC[C@H](C)N[C@H]1CC[C@H](Nc2cc(-c3cccc(NCC4(OC)CCOCC4)c3)c(Cl)cn2)CC1. The van der Waals surface area contributed by atoms with E-state index in [9.17, 15) is 0 Å². The number of ether oxygens (including phenoxy) is 3. The normalized spacial score (nSPS) is 22.7. The average Bonchev–Trinajstić information content (AvgIpc) is 2.90. The van der Waals surface area contributed by atoms with Crippen LogP contribution in [0.3, 0.4) is 0 Å². The highest BCUT2D eigenvalue weighted by molar-refractivity contribution is 6.33. The number of benzene rings is 1. The maximum atomic E-state index is 6.60. The zero-order chi connectivity index (χ0) is 25.4. The first-order chi connectivity index (χ1) is 17.5. The highest BCUT2D eigenvalue weighted by atomic mass is 35.5. The van der Waals surface area contributed by atoms with Crippen molar-refractivity contribution in [1.82, 2.24) is 10.3 Å². The Morgan fingerprint density at radius 3 is 2.58 bits per heavy atom. The van der Waals surface area contributed by atoms with Crippen LogP contribution in [0.4, 0.5) is 11.5 Å². The van der Waals surface area contributed by atoms with Crippen molar-refractivity contribution in [3.8, 4) is 11.1 Å². The molecule has 8 heteroatoms. The summed E-state index contributed by atoms with van der Waals surface area (Å²) in [5, 5.41) is 11.5. The summed E-state index contributed by atoms with van der Waals surface area (Å²) in [6, 6.07) is 11.8. The number of anilines is 2. The van der Waals surface area contributed by atoms with E-state index >= 15 is 0 Å². The monoisotopic (exact) mass is 516 g/mol. The van der Waals surface area contributed by atoms with Gasteiger partial charge in [-0.2, -0.15) is 0 Å². The zero-order valence-corrected chi connectivity index (χ0v) is 22.6. The van der Waals surface area contributed by atoms with Gasteiger partial charge < -0.3 is 30.2 Å². The molecule has 198 valence electrons. The Bertz CT molecular complexity index is 962. The van der Waals surface area contributed by atoms with Gasteiger partial charge in [0, 0.05) is 82.4 Å². The number of halogens is 1. The largest absolute Gasteiger partial charge is 0.383 e. The van der Waals surface area contributed by atoms with Crippen LogP contribution in [0.2, 0.25) is 5.02 Å². The van der Waals surface area contributed by atoms with Crippen LogP contribution in [0.15, 0.2) is 36.5 Å². The molecule has 1 aliphatic heterocycles. The molecule has 0 spiro atoms. The van der Waals surface area contributed by atoms with Gasteiger partial charge in [-0.15, -0.1) is 0 Å². The van der Waals surface area contributed by atoms with E-state index in [0.717, 1.165) is 87.5 Å². The molecule has 1 saturated carbocycles. The van der Waals surface area contributed by atoms with E-state index in [0.29, 0.717) is 23.1 Å². The number of hydrogen-bond donors (Lipinski definition) is 3. The lowest BCUT2D eigenvalue weighted by atomic mass is 9.90. The van der Waals surface area contributed by atoms with Crippen LogP contribution in [0.25, 0.3) is 11.1 Å². The van der Waals surface area contributed by atoms with Gasteiger partial charge in [0.1, 0.15) is 5.82 Å². The Morgan fingerprint density at radius 2 is 1.86 bits per heavy atom. The third kappa shape index (κ3) is 7.33. The molecule has 1 aromatic heterocycles. The summed E-state index contributed by atoms with van der Waals surface area (Å²) in [6.45, 7) is 5.15. The van der Waals surface area contributed by atoms with Gasteiger partial charge in [0.05, 0.1) is 17.2 Å². The molecule has 0 bridgehead atoms. The zero-order valence-electron chi connectivity index (χ0n) is 21.8. The fourth-order valence-corrected chi connectivity index (χ4v) is 5.52. The molecule has 0 radical (unpaired) electrons. The van der Waals surface area contributed by atoms with Crippen LogP contribution in [-0.4, -0.2) is 69.3 Å². The van der Waals surface area contributed by atoms with E-state index in [-0.39, 0.29) is 5.60 Å². The molecule has 0 unspecified atom stereocenters. The minimum atomic E-state index is -0.185. The van der Waals surface area contributed by atoms with Gasteiger partial charge >= 0.3 is 0 Å². The molecule has 36 heavy (non-hydrogen) atoms. The molecule has 1 atom stereocenters. The molecule has 3 N–H and O–H groups in total. The first-order valence-electron chi connectivity index (χ1n) is 13.1. The molecule has 4 rings (SSSR count). The summed E-state index contributed by atoms with van der Waals surface area (Å²) in [4.78, 5) is 4.57. The second-order valence-electron chi connectivity index (χ2n) is 10.2. The highest BCUT2D eigenvalue weighted by Gasteiger charge is 2.32. The number of nitrogens with zero attached hydrogens (tertiary/aromatic N) is 1. The third-order valence-corrected chi connectivity index (χ3v) is 7.80. The fraction of sp³-hybridized carbons (Fsp3) is 0.607. The summed E-state index contributed by atoms with van der Waals surface area (Å²) < 4.78 is 16.6. The molecule has 1 aromatic carbocycles. The number of pyridine rings is 1. The quantitative estimate of drug-likeness (QED) is 0.371. The molecule has 0 amide bonds. The number of methoxy groups -OCH3 is 2. The van der Waals surface area contributed by atoms with Crippen LogP contribution in [-0.2, 0) is 14.2 Å². The van der Waals surface area contributed by atoms with Gasteiger partial charge in [-0.3, -0.25) is 0 Å². The Hall–Kier alpha value is -1.90. The molecular weight excluding hydrogens is 476 g/mol. The third-order valence-electron chi connectivity index (χ3n) is 7.50. The number of nitrogens with one attached hydrogen (secondary N) is 3. The van der Waals surface area contributed by atoms with Crippen molar-refractivity contribution < 1.29 is 14.2 Å². The second kappa shape index (κ2) is 13.1.